The van der Waals surface area contributed by atoms with E-state index in [0.29, 0.717) is 12.2 Å². The van der Waals surface area contributed by atoms with E-state index < -0.39 is 0 Å². The standard InChI is InChI=1S/C13H20N2O2/c1-2-17-13(16)11-5-7-12(8-6-11)15-10-4-3-9-14/h5-8,15H,2-4,9-10,14H2,1H3. The number of benzene rings is 1. The summed E-state index contributed by atoms with van der Waals surface area (Å²) in [6.45, 7) is 3.82. The minimum Gasteiger partial charge on any atom is -0.462 e. The van der Waals surface area contributed by atoms with E-state index in [1.54, 1.807) is 19.1 Å². The number of esters is 1. The van der Waals surface area contributed by atoms with Gasteiger partial charge in [-0.15, -0.1) is 0 Å². The quantitative estimate of drug-likeness (QED) is 0.561. The molecule has 3 N–H and O–H groups in total. The number of nitrogens with two attached hydrogens (primary N) is 1. The van der Waals surface area contributed by atoms with Crippen molar-refractivity contribution in [2.24, 2.45) is 5.73 Å². The van der Waals surface area contributed by atoms with Crippen LogP contribution in [-0.2, 0) is 4.74 Å². The third kappa shape index (κ3) is 4.87. The SMILES string of the molecule is CCOC(=O)c1ccc(NCCCCN)cc1. The molecule has 0 spiro atoms. The number of ether oxygens (including phenoxy) is 1. The molecule has 0 aliphatic carbocycles. The van der Waals surface area contributed by atoms with Crippen molar-refractivity contribution in [2.45, 2.75) is 19.8 Å². The van der Waals surface area contributed by atoms with Crippen LogP contribution in [0.15, 0.2) is 24.3 Å². The fourth-order valence-electron chi connectivity index (χ4n) is 1.44. The van der Waals surface area contributed by atoms with Gasteiger partial charge in [-0.2, -0.15) is 0 Å². The first-order valence-electron chi connectivity index (χ1n) is 5.99. The molecule has 4 heteroatoms. The zero-order valence-electron chi connectivity index (χ0n) is 10.2. The molecule has 0 saturated carbocycles. The number of hydrogen-bond acceptors (Lipinski definition) is 4. The van der Waals surface area contributed by atoms with Gasteiger partial charge in [0, 0.05) is 12.2 Å². The molecule has 0 amide bonds. The molecule has 0 aromatic heterocycles. The van der Waals surface area contributed by atoms with Gasteiger partial charge >= 0.3 is 5.97 Å². The van der Waals surface area contributed by atoms with Crippen molar-refractivity contribution in [3.63, 3.8) is 0 Å². The van der Waals surface area contributed by atoms with Gasteiger partial charge in [0.2, 0.25) is 0 Å². The largest absolute Gasteiger partial charge is 0.462 e. The molecule has 0 aliphatic rings. The van der Waals surface area contributed by atoms with Crippen molar-refractivity contribution in [2.75, 3.05) is 25.0 Å². The molecular formula is C13H20N2O2. The molecule has 0 heterocycles. The monoisotopic (exact) mass is 236 g/mol. The summed E-state index contributed by atoms with van der Waals surface area (Å²) in [5.41, 5.74) is 7.00. The van der Waals surface area contributed by atoms with Gasteiger partial charge in [-0.3, -0.25) is 0 Å². The summed E-state index contributed by atoms with van der Waals surface area (Å²) in [5.74, 6) is -0.276. The number of rotatable bonds is 7. The molecule has 0 unspecified atom stereocenters. The maximum atomic E-state index is 11.4. The van der Waals surface area contributed by atoms with Crippen LogP contribution in [0.3, 0.4) is 0 Å². The van der Waals surface area contributed by atoms with Crippen LogP contribution in [-0.4, -0.2) is 25.7 Å². The Morgan fingerprint density at radius 1 is 1.29 bits per heavy atom. The molecule has 17 heavy (non-hydrogen) atoms. The zero-order chi connectivity index (χ0) is 12.5. The highest BCUT2D eigenvalue weighted by atomic mass is 16.5. The molecular weight excluding hydrogens is 216 g/mol. The van der Waals surface area contributed by atoms with Gasteiger partial charge in [-0.05, 0) is 50.6 Å². The number of carbonyl (C=O) groups excluding carboxylic acids is 1. The molecule has 0 aliphatic heterocycles. The summed E-state index contributed by atoms with van der Waals surface area (Å²) in [4.78, 5) is 11.4. The average molecular weight is 236 g/mol. The van der Waals surface area contributed by atoms with Gasteiger partial charge in [0.15, 0.2) is 0 Å². The molecule has 1 aromatic carbocycles. The summed E-state index contributed by atoms with van der Waals surface area (Å²) in [6.07, 6.45) is 2.07. The van der Waals surface area contributed by atoms with E-state index in [9.17, 15) is 4.79 Å². The van der Waals surface area contributed by atoms with Crippen molar-refractivity contribution in [3.8, 4) is 0 Å². The van der Waals surface area contributed by atoms with Crippen LogP contribution < -0.4 is 11.1 Å². The maximum absolute atomic E-state index is 11.4. The number of hydrogen-bond donors (Lipinski definition) is 2. The summed E-state index contributed by atoms with van der Waals surface area (Å²) in [5, 5.41) is 3.27. The molecule has 0 fully saturated rings. The summed E-state index contributed by atoms with van der Waals surface area (Å²) in [7, 11) is 0. The van der Waals surface area contributed by atoms with Crippen molar-refractivity contribution >= 4 is 11.7 Å². The molecule has 0 atom stereocenters. The minimum atomic E-state index is -0.276. The lowest BCUT2D eigenvalue weighted by Crippen LogP contribution is -2.07. The third-order valence-corrected chi connectivity index (χ3v) is 2.36. The Balaban J connectivity index is 2.42. The lowest BCUT2D eigenvalue weighted by molar-refractivity contribution is 0.0526. The van der Waals surface area contributed by atoms with Crippen LogP contribution in [0.25, 0.3) is 0 Å². The van der Waals surface area contributed by atoms with E-state index in [1.165, 1.54) is 0 Å². The van der Waals surface area contributed by atoms with Crippen LogP contribution in [0.1, 0.15) is 30.1 Å². The van der Waals surface area contributed by atoms with E-state index in [0.717, 1.165) is 31.6 Å². The van der Waals surface area contributed by atoms with E-state index in [4.69, 9.17) is 10.5 Å². The van der Waals surface area contributed by atoms with Gasteiger partial charge in [0.25, 0.3) is 0 Å². The van der Waals surface area contributed by atoms with Gasteiger partial charge < -0.3 is 15.8 Å². The summed E-state index contributed by atoms with van der Waals surface area (Å²) < 4.78 is 4.91. The average Bonchev–Trinajstić information content (AvgIpc) is 2.36. The lowest BCUT2D eigenvalue weighted by atomic mass is 10.2. The van der Waals surface area contributed by atoms with E-state index in [-0.39, 0.29) is 5.97 Å². The first kappa shape index (κ1) is 13.5. The Labute approximate surface area is 102 Å². The van der Waals surface area contributed by atoms with Crippen LogP contribution in [0.4, 0.5) is 5.69 Å². The van der Waals surface area contributed by atoms with Gasteiger partial charge in [-0.25, -0.2) is 4.79 Å². The maximum Gasteiger partial charge on any atom is 0.338 e. The van der Waals surface area contributed by atoms with Crippen molar-refractivity contribution < 1.29 is 9.53 Å². The number of nitrogens with one attached hydrogen (secondary N) is 1. The van der Waals surface area contributed by atoms with Crippen LogP contribution >= 0.6 is 0 Å². The molecule has 1 rings (SSSR count). The van der Waals surface area contributed by atoms with Crippen molar-refractivity contribution in [1.29, 1.82) is 0 Å². The fraction of sp³-hybridized carbons (Fsp3) is 0.462. The highest BCUT2D eigenvalue weighted by Crippen LogP contribution is 2.10. The van der Waals surface area contributed by atoms with Gasteiger partial charge in [0.05, 0.1) is 12.2 Å². The van der Waals surface area contributed by atoms with Crippen LogP contribution in [0.2, 0.25) is 0 Å². The second-order valence-corrected chi connectivity index (χ2v) is 3.72. The topological polar surface area (TPSA) is 64.3 Å². The van der Waals surface area contributed by atoms with Crippen LogP contribution in [0, 0.1) is 0 Å². The normalized spacial score (nSPS) is 10.0. The first-order valence-corrected chi connectivity index (χ1v) is 5.99. The van der Waals surface area contributed by atoms with Crippen molar-refractivity contribution in [1.82, 2.24) is 0 Å². The summed E-state index contributed by atoms with van der Waals surface area (Å²) in [6, 6.07) is 7.30. The Kier molecular flexibility index (Phi) is 6.10. The predicted octanol–water partition coefficient (Wildman–Crippen LogP) is 2.01. The number of anilines is 1. The van der Waals surface area contributed by atoms with Crippen LogP contribution in [0.5, 0.6) is 0 Å². The van der Waals surface area contributed by atoms with Gasteiger partial charge in [-0.1, -0.05) is 0 Å². The molecule has 94 valence electrons. The van der Waals surface area contributed by atoms with E-state index in [1.807, 2.05) is 12.1 Å². The molecule has 0 saturated heterocycles. The molecule has 4 nitrogen and oxygen atoms in total. The summed E-state index contributed by atoms with van der Waals surface area (Å²) >= 11 is 0. The van der Waals surface area contributed by atoms with E-state index in [2.05, 4.69) is 5.32 Å². The Bertz CT molecular complexity index is 336. The fourth-order valence-corrected chi connectivity index (χ4v) is 1.44. The zero-order valence-corrected chi connectivity index (χ0v) is 10.2. The Morgan fingerprint density at radius 2 is 2.00 bits per heavy atom. The highest BCUT2D eigenvalue weighted by Gasteiger charge is 2.04. The third-order valence-electron chi connectivity index (χ3n) is 2.36. The number of unbranched alkanes of at least 4 members (excludes halogenated alkanes) is 1. The molecule has 0 radical (unpaired) electrons. The Hall–Kier alpha value is -1.55. The van der Waals surface area contributed by atoms with Gasteiger partial charge in [0.1, 0.15) is 0 Å². The smallest absolute Gasteiger partial charge is 0.338 e. The lowest BCUT2D eigenvalue weighted by Gasteiger charge is -2.06. The molecule has 1 aromatic rings. The second-order valence-electron chi connectivity index (χ2n) is 3.72. The van der Waals surface area contributed by atoms with Crippen molar-refractivity contribution in [3.05, 3.63) is 29.8 Å². The predicted molar refractivity (Wildman–Crippen MR) is 69.2 cm³/mol. The van der Waals surface area contributed by atoms with E-state index >= 15 is 0 Å². The number of carbonyl (C=O) groups is 1. The minimum absolute atomic E-state index is 0.276. The first-order chi connectivity index (χ1) is 8.27. The molecule has 0 bridgehead atoms. The highest BCUT2D eigenvalue weighted by molar-refractivity contribution is 5.89. The Morgan fingerprint density at radius 3 is 2.59 bits per heavy atom. The second kappa shape index (κ2) is 7.68.